The molecule has 0 fully saturated rings. The molecule has 0 radical (unpaired) electrons. The zero-order valence-electron chi connectivity index (χ0n) is 11.6. The Labute approximate surface area is 125 Å². The maximum atomic E-state index is 11.7. The SMILES string of the molecule is COC(=O)Cc1csc(NC(=O)/C=C/c2cnn(C)c2)n1. The lowest BCUT2D eigenvalue weighted by atomic mass is 10.3. The summed E-state index contributed by atoms with van der Waals surface area (Å²) in [7, 11) is 3.12. The van der Waals surface area contributed by atoms with Crippen LogP contribution in [0.1, 0.15) is 11.3 Å². The lowest BCUT2D eigenvalue weighted by molar-refractivity contribution is -0.139. The molecule has 0 aliphatic rings. The van der Waals surface area contributed by atoms with Gasteiger partial charge in [0.1, 0.15) is 0 Å². The average molecular weight is 306 g/mol. The van der Waals surface area contributed by atoms with Gasteiger partial charge in [-0.1, -0.05) is 0 Å². The normalized spacial score (nSPS) is 10.8. The van der Waals surface area contributed by atoms with Crippen molar-refractivity contribution in [2.45, 2.75) is 6.42 Å². The highest BCUT2D eigenvalue weighted by atomic mass is 32.1. The molecule has 0 saturated carbocycles. The van der Waals surface area contributed by atoms with Gasteiger partial charge in [-0.3, -0.25) is 19.6 Å². The van der Waals surface area contributed by atoms with Crippen molar-refractivity contribution in [3.05, 3.63) is 35.1 Å². The lowest BCUT2D eigenvalue weighted by Crippen LogP contribution is -2.08. The van der Waals surface area contributed by atoms with Gasteiger partial charge in [0.2, 0.25) is 5.91 Å². The highest BCUT2D eigenvalue weighted by Crippen LogP contribution is 2.16. The first-order valence-electron chi connectivity index (χ1n) is 6.06. The zero-order valence-corrected chi connectivity index (χ0v) is 12.4. The lowest BCUT2D eigenvalue weighted by Gasteiger charge is -1.96. The third-order valence-corrected chi connectivity index (χ3v) is 3.29. The number of carbonyl (C=O) groups is 2. The summed E-state index contributed by atoms with van der Waals surface area (Å²) in [6.07, 6.45) is 6.60. The molecular formula is C13H14N4O3S. The number of amides is 1. The number of nitrogens with zero attached hydrogens (tertiary/aromatic N) is 3. The van der Waals surface area contributed by atoms with E-state index in [2.05, 4.69) is 20.1 Å². The summed E-state index contributed by atoms with van der Waals surface area (Å²) in [5, 5.41) is 8.78. The zero-order chi connectivity index (χ0) is 15.2. The fourth-order valence-corrected chi connectivity index (χ4v) is 2.22. The number of hydrogen-bond acceptors (Lipinski definition) is 6. The molecule has 7 nitrogen and oxygen atoms in total. The minimum atomic E-state index is -0.366. The van der Waals surface area contributed by atoms with Crippen LogP contribution >= 0.6 is 11.3 Å². The van der Waals surface area contributed by atoms with E-state index in [4.69, 9.17) is 0 Å². The summed E-state index contributed by atoms with van der Waals surface area (Å²) in [5.74, 6) is -0.660. The second kappa shape index (κ2) is 6.80. The van der Waals surface area contributed by atoms with Crippen LogP contribution in [0.4, 0.5) is 5.13 Å². The fourth-order valence-electron chi connectivity index (χ4n) is 1.51. The van der Waals surface area contributed by atoms with Gasteiger partial charge in [0.25, 0.3) is 0 Å². The predicted molar refractivity (Wildman–Crippen MR) is 78.7 cm³/mol. The molecule has 0 atom stereocenters. The molecule has 0 aromatic carbocycles. The van der Waals surface area contributed by atoms with Gasteiger partial charge in [0, 0.05) is 30.3 Å². The van der Waals surface area contributed by atoms with E-state index in [1.54, 1.807) is 35.6 Å². The number of methoxy groups -OCH3 is 1. The Morgan fingerprint density at radius 1 is 1.52 bits per heavy atom. The Hall–Kier alpha value is -2.48. The highest BCUT2D eigenvalue weighted by molar-refractivity contribution is 7.14. The highest BCUT2D eigenvalue weighted by Gasteiger charge is 2.08. The fraction of sp³-hybridized carbons (Fsp3) is 0.231. The van der Waals surface area contributed by atoms with Gasteiger partial charge >= 0.3 is 5.97 Å². The van der Waals surface area contributed by atoms with Gasteiger partial charge in [-0.15, -0.1) is 11.3 Å². The van der Waals surface area contributed by atoms with E-state index in [-0.39, 0.29) is 18.3 Å². The van der Waals surface area contributed by atoms with Crippen LogP contribution in [0.15, 0.2) is 23.8 Å². The Morgan fingerprint density at radius 2 is 2.33 bits per heavy atom. The van der Waals surface area contributed by atoms with Gasteiger partial charge in [-0.05, 0) is 6.08 Å². The largest absolute Gasteiger partial charge is 0.469 e. The summed E-state index contributed by atoms with van der Waals surface area (Å²) in [6.45, 7) is 0. The van der Waals surface area contributed by atoms with Gasteiger partial charge in [-0.25, -0.2) is 4.98 Å². The average Bonchev–Trinajstić information content (AvgIpc) is 3.05. The number of anilines is 1. The summed E-state index contributed by atoms with van der Waals surface area (Å²) in [5.41, 5.74) is 1.40. The second-order valence-electron chi connectivity index (χ2n) is 4.17. The molecule has 0 aliphatic carbocycles. The molecule has 0 aliphatic heterocycles. The third-order valence-electron chi connectivity index (χ3n) is 2.49. The summed E-state index contributed by atoms with van der Waals surface area (Å²) >= 11 is 1.25. The molecule has 0 unspecified atom stereocenters. The number of ether oxygens (including phenoxy) is 1. The van der Waals surface area contributed by atoms with Crippen LogP contribution in [0, 0.1) is 0 Å². The number of hydrogen-bond donors (Lipinski definition) is 1. The molecule has 0 spiro atoms. The van der Waals surface area contributed by atoms with Crippen molar-refractivity contribution in [3.8, 4) is 0 Å². The van der Waals surface area contributed by atoms with Crippen LogP contribution in [0.25, 0.3) is 6.08 Å². The van der Waals surface area contributed by atoms with Crippen LogP contribution in [0.2, 0.25) is 0 Å². The molecule has 1 amide bonds. The number of rotatable bonds is 5. The van der Waals surface area contributed by atoms with Gasteiger partial charge in [0.05, 0.1) is 25.4 Å². The van der Waals surface area contributed by atoms with Crippen LogP contribution in [0.3, 0.4) is 0 Å². The Morgan fingerprint density at radius 3 is 3.00 bits per heavy atom. The van der Waals surface area contributed by atoms with Gasteiger partial charge in [-0.2, -0.15) is 5.10 Å². The standard InChI is InChI=1S/C13H14N4O3S/c1-17-7-9(6-14-17)3-4-11(18)16-13-15-10(8-21-13)5-12(19)20-2/h3-4,6-8H,5H2,1-2H3,(H,15,16,18)/b4-3+. The first-order valence-corrected chi connectivity index (χ1v) is 6.93. The minimum Gasteiger partial charge on any atom is -0.469 e. The molecule has 21 heavy (non-hydrogen) atoms. The van der Waals surface area contributed by atoms with Crippen molar-refractivity contribution in [2.75, 3.05) is 12.4 Å². The van der Waals surface area contributed by atoms with E-state index in [0.29, 0.717) is 10.8 Å². The number of carbonyl (C=O) groups excluding carboxylic acids is 2. The summed E-state index contributed by atoms with van der Waals surface area (Å²) < 4.78 is 6.20. The molecule has 8 heteroatoms. The van der Waals surface area contributed by atoms with E-state index in [1.807, 2.05) is 0 Å². The number of aromatic nitrogens is 3. The van der Waals surface area contributed by atoms with Crippen molar-refractivity contribution >= 4 is 34.4 Å². The molecule has 2 aromatic rings. The van der Waals surface area contributed by atoms with Crippen LogP contribution in [0.5, 0.6) is 0 Å². The quantitative estimate of drug-likeness (QED) is 0.663. The second-order valence-corrected chi connectivity index (χ2v) is 5.02. The van der Waals surface area contributed by atoms with Crippen LogP contribution < -0.4 is 5.32 Å². The summed E-state index contributed by atoms with van der Waals surface area (Å²) in [6, 6.07) is 0. The third kappa shape index (κ3) is 4.53. The van der Waals surface area contributed by atoms with E-state index in [9.17, 15) is 9.59 Å². The molecule has 0 bridgehead atoms. The predicted octanol–water partition coefficient (Wildman–Crippen LogP) is 1.24. The van der Waals surface area contributed by atoms with Crippen LogP contribution in [-0.2, 0) is 27.8 Å². The Balaban J connectivity index is 1.90. The Bertz CT molecular complexity index is 675. The van der Waals surface area contributed by atoms with Crippen molar-refractivity contribution in [1.82, 2.24) is 14.8 Å². The molecular weight excluding hydrogens is 292 g/mol. The van der Waals surface area contributed by atoms with Gasteiger partial charge in [0.15, 0.2) is 5.13 Å². The van der Waals surface area contributed by atoms with Crippen LogP contribution in [-0.4, -0.2) is 33.8 Å². The number of aryl methyl sites for hydroxylation is 1. The van der Waals surface area contributed by atoms with E-state index >= 15 is 0 Å². The van der Waals surface area contributed by atoms with Crippen molar-refractivity contribution in [3.63, 3.8) is 0 Å². The maximum absolute atomic E-state index is 11.7. The van der Waals surface area contributed by atoms with E-state index in [0.717, 1.165) is 5.56 Å². The molecule has 2 rings (SSSR count). The van der Waals surface area contributed by atoms with E-state index in [1.165, 1.54) is 24.5 Å². The Kier molecular flexibility index (Phi) is 4.83. The molecule has 110 valence electrons. The minimum absolute atomic E-state index is 0.0917. The maximum Gasteiger partial charge on any atom is 0.311 e. The van der Waals surface area contributed by atoms with Gasteiger partial charge < -0.3 is 4.74 Å². The molecule has 2 heterocycles. The topological polar surface area (TPSA) is 86.1 Å². The number of nitrogens with one attached hydrogen (secondary N) is 1. The van der Waals surface area contributed by atoms with Crippen molar-refractivity contribution < 1.29 is 14.3 Å². The molecule has 2 aromatic heterocycles. The smallest absolute Gasteiger partial charge is 0.311 e. The molecule has 1 N–H and O–H groups in total. The number of esters is 1. The number of thiazole rings is 1. The molecule has 0 saturated heterocycles. The van der Waals surface area contributed by atoms with Crippen molar-refractivity contribution in [2.24, 2.45) is 7.05 Å². The monoisotopic (exact) mass is 306 g/mol. The first kappa shape index (κ1) is 14.9. The van der Waals surface area contributed by atoms with E-state index < -0.39 is 0 Å². The first-order chi connectivity index (χ1) is 10.1. The van der Waals surface area contributed by atoms with Crippen molar-refractivity contribution in [1.29, 1.82) is 0 Å². The summed E-state index contributed by atoms with van der Waals surface area (Å²) in [4.78, 5) is 27.0.